The molecule has 1 atom stereocenters. The van der Waals surface area contributed by atoms with Crippen LogP contribution < -0.4 is 9.62 Å². The number of halogens is 4. The molecule has 1 N–H and O–H groups in total. The van der Waals surface area contributed by atoms with Gasteiger partial charge >= 0.3 is 6.18 Å². The second kappa shape index (κ2) is 14.8. The van der Waals surface area contributed by atoms with E-state index in [1.54, 1.807) is 88.4 Å². The van der Waals surface area contributed by atoms with Gasteiger partial charge < -0.3 is 10.2 Å². The molecule has 0 aliphatic heterocycles. The number of hydrogen-bond donors (Lipinski definition) is 1. The third-order valence-corrected chi connectivity index (χ3v) is 9.38. The first kappa shape index (κ1) is 36.5. The molecule has 4 aromatic carbocycles. The Morgan fingerprint density at radius 3 is 2.06 bits per heavy atom. The van der Waals surface area contributed by atoms with Crippen molar-refractivity contribution in [3.05, 3.63) is 130 Å². The van der Waals surface area contributed by atoms with Crippen LogP contribution in [0.25, 0.3) is 0 Å². The maximum atomic E-state index is 14.5. The van der Waals surface area contributed by atoms with E-state index < -0.39 is 51.7 Å². The van der Waals surface area contributed by atoms with Crippen LogP contribution in [-0.4, -0.2) is 43.3 Å². The number of nitrogens with zero attached hydrogens (tertiary/aromatic N) is 2. The monoisotopic (exact) mass is 699 g/mol. The third kappa shape index (κ3) is 9.60. The van der Waals surface area contributed by atoms with Crippen LogP contribution in [0.3, 0.4) is 0 Å². The molecule has 0 aromatic heterocycles. The maximum Gasteiger partial charge on any atom is 0.416 e. The lowest BCUT2D eigenvalue weighted by atomic mass is 10.0. The molecule has 0 fully saturated rings. The number of rotatable bonds is 11. The van der Waals surface area contributed by atoms with Crippen LogP contribution in [0.4, 0.5) is 18.9 Å². The van der Waals surface area contributed by atoms with Crippen molar-refractivity contribution in [2.75, 3.05) is 10.8 Å². The van der Waals surface area contributed by atoms with Gasteiger partial charge in [-0.3, -0.25) is 13.9 Å². The van der Waals surface area contributed by atoms with Crippen molar-refractivity contribution in [3.8, 4) is 0 Å². The zero-order valence-corrected chi connectivity index (χ0v) is 28.5. The van der Waals surface area contributed by atoms with Gasteiger partial charge in [0.2, 0.25) is 11.8 Å². The number of alkyl halides is 3. The molecule has 7 nitrogen and oxygen atoms in total. The Labute approximate surface area is 284 Å². The third-order valence-electron chi connectivity index (χ3n) is 7.36. The molecule has 0 radical (unpaired) electrons. The van der Waals surface area contributed by atoms with Gasteiger partial charge in [0, 0.05) is 23.5 Å². The zero-order chi connectivity index (χ0) is 35.3. The van der Waals surface area contributed by atoms with E-state index in [0.717, 1.165) is 23.3 Å². The minimum atomic E-state index is -4.77. The Bertz CT molecular complexity index is 1840. The first-order valence-corrected chi connectivity index (χ1v) is 16.9. The van der Waals surface area contributed by atoms with Crippen molar-refractivity contribution in [2.45, 2.75) is 63.3 Å². The van der Waals surface area contributed by atoms with Gasteiger partial charge in [0.25, 0.3) is 10.0 Å². The Hall–Kier alpha value is -4.35. The molecule has 4 rings (SSSR count). The molecule has 254 valence electrons. The van der Waals surface area contributed by atoms with Crippen LogP contribution >= 0.6 is 11.6 Å². The molecule has 4 aromatic rings. The number of carbonyl (C=O) groups is 2. The quantitative estimate of drug-likeness (QED) is 0.177. The minimum absolute atomic E-state index is 0.0727. The molecule has 0 aliphatic carbocycles. The Kier molecular flexibility index (Phi) is 11.3. The molecule has 0 heterocycles. The minimum Gasteiger partial charge on any atom is -0.350 e. The van der Waals surface area contributed by atoms with Gasteiger partial charge in [0.05, 0.1) is 16.1 Å². The van der Waals surface area contributed by atoms with Crippen molar-refractivity contribution in [2.24, 2.45) is 0 Å². The predicted molar refractivity (Wildman–Crippen MR) is 181 cm³/mol. The lowest BCUT2D eigenvalue weighted by Gasteiger charge is -2.35. The average Bonchev–Trinajstić information content (AvgIpc) is 3.01. The fourth-order valence-electron chi connectivity index (χ4n) is 5.04. The van der Waals surface area contributed by atoms with Gasteiger partial charge in [0.15, 0.2) is 0 Å². The van der Waals surface area contributed by atoms with E-state index in [1.807, 2.05) is 6.07 Å². The van der Waals surface area contributed by atoms with Gasteiger partial charge in [-0.15, -0.1) is 0 Å². The summed E-state index contributed by atoms with van der Waals surface area (Å²) in [6.45, 7) is 6.08. The first-order chi connectivity index (χ1) is 22.4. The molecule has 0 bridgehead atoms. The van der Waals surface area contributed by atoms with Gasteiger partial charge in [0.1, 0.15) is 12.6 Å². The fourth-order valence-corrected chi connectivity index (χ4v) is 6.66. The smallest absolute Gasteiger partial charge is 0.350 e. The highest BCUT2D eigenvalue weighted by Crippen LogP contribution is 2.33. The number of nitrogens with one attached hydrogen (secondary N) is 1. The highest BCUT2D eigenvalue weighted by Gasteiger charge is 2.37. The summed E-state index contributed by atoms with van der Waals surface area (Å²) in [5, 5.41) is 3.31. The van der Waals surface area contributed by atoms with E-state index in [0.29, 0.717) is 21.0 Å². The summed E-state index contributed by atoms with van der Waals surface area (Å²) in [5.74, 6) is -1.30. The topological polar surface area (TPSA) is 86.8 Å². The van der Waals surface area contributed by atoms with E-state index in [1.165, 1.54) is 23.1 Å². The largest absolute Gasteiger partial charge is 0.416 e. The molecule has 0 spiro atoms. The number of carbonyl (C=O) groups excluding carboxylic acids is 2. The zero-order valence-electron chi connectivity index (χ0n) is 27.0. The summed E-state index contributed by atoms with van der Waals surface area (Å²) >= 11 is 6.26. The van der Waals surface area contributed by atoms with Crippen molar-refractivity contribution in [1.82, 2.24) is 10.2 Å². The van der Waals surface area contributed by atoms with E-state index in [2.05, 4.69) is 5.32 Å². The second-order valence-electron chi connectivity index (χ2n) is 12.5. The van der Waals surface area contributed by atoms with Gasteiger partial charge in [-0.2, -0.15) is 13.2 Å². The average molecular weight is 700 g/mol. The molecule has 0 unspecified atom stereocenters. The summed E-state index contributed by atoms with van der Waals surface area (Å²) in [7, 11) is -4.58. The first-order valence-electron chi connectivity index (χ1n) is 15.1. The van der Waals surface area contributed by atoms with Crippen LogP contribution in [0.2, 0.25) is 5.02 Å². The second-order valence-corrected chi connectivity index (χ2v) is 14.8. The number of benzene rings is 4. The van der Waals surface area contributed by atoms with Crippen LogP contribution in [-0.2, 0) is 38.8 Å². The van der Waals surface area contributed by atoms with E-state index in [4.69, 9.17) is 11.6 Å². The normalized spacial score (nSPS) is 12.7. The highest BCUT2D eigenvalue weighted by atomic mass is 35.5. The van der Waals surface area contributed by atoms with Crippen LogP contribution in [0, 0.1) is 6.92 Å². The molecule has 0 saturated heterocycles. The number of hydrogen-bond acceptors (Lipinski definition) is 4. The summed E-state index contributed by atoms with van der Waals surface area (Å²) < 4.78 is 70.3. The predicted octanol–water partition coefficient (Wildman–Crippen LogP) is 7.42. The summed E-state index contributed by atoms with van der Waals surface area (Å²) in [5.41, 5.74) is -0.0757. The Morgan fingerprint density at radius 1 is 0.833 bits per heavy atom. The molecular weight excluding hydrogens is 663 g/mol. The molecule has 48 heavy (non-hydrogen) atoms. The van der Waals surface area contributed by atoms with E-state index in [9.17, 15) is 31.2 Å². The molecule has 2 amide bonds. The van der Waals surface area contributed by atoms with Crippen LogP contribution in [0.15, 0.2) is 108 Å². The molecule has 12 heteroatoms. The Balaban J connectivity index is 1.86. The lowest BCUT2D eigenvalue weighted by molar-refractivity contribution is -0.140. The van der Waals surface area contributed by atoms with Crippen molar-refractivity contribution in [3.63, 3.8) is 0 Å². The summed E-state index contributed by atoms with van der Waals surface area (Å²) in [6, 6.07) is 24.1. The molecular formula is C36H37ClF3N3O4S. The lowest BCUT2D eigenvalue weighted by Crippen LogP contribution is -2.56. The number of sulfonamides is 1. The number of amides is 2. The summed E-state index contributed by atoms with van der Waals surface area (Å²) in [6.07, 6.45) is -4.70. The van der Waals surface area contributed by atoms with Crippen molar-refractivity contribution < 1.29 is 31.2 Å². The molecule has 0 aliphatic rings. The van der Waals surface area contributed by atoms with Crippen LogP contribution in [0.1, 0.15) is 43.0 Å². The molecule has 0 saturated carbocycles. The van der Waals surface area contributed by atoms with E-state index >= 15 is 0 Å². The van der Waals surface area contributed by atoms with E-state index in [-0.39, 0.29) is 23.5 Å². The standard InChI is InChI=1S/C36H37ClF3N3O4S/c1-25-16-18-31(19-17-25)48(46,47)43(30-15-9-13-28(22-30)36(38,39)40)24-33(44)42(23-27-12-8-14-29(37)20-27)32(34(45)41-35(2,3)4)21-26-10-6-5-7-11-26/h5-20,22,32H,21,23-24H2,1-4H3,(H,41,45)/t32-/m1/s1. The van der Waals surface area contributed by atoms with Gasteiger partial charge in [-0.25, -0.2) is 8.42 Å². The number of anilines is 1. The SMILES string of the molecule is Cc1ccc(S(=O)(=O)N(CC(=O)N(Cc2cccc(Cl)c2)[C@H](Cc2ccccc2)C(=O)NC(C)(C)C)c2cccc(C(F)(F)F)c2)cc1. The van der Waals surface area contributed by atoms with Crippen molar-refractivity contribution >= 4 is 39.1 Å². The van der Waals surface area contributed by atoms with Crippen molar-refractivity contribution in [1.29, 1.82) is 0 Å². The maximum absolute atomic E-state index is 14.5. The highest BCUT2D eigenvalue weighted by molar-refractivity contribution is 7.92. The number of aryl methyl sites for hydroxylation is 1. The Morgan fingerprint density at radius 2 is 1.46 bits per heavy atom. The fraction of sp³-hybridized carbons (Fsp3) is 0.278. The van der Waals surface area contributed by atoms with Crippen LogP contribution in [0.5, 0.6) is 0 Å². The van der Waals surface area contributed by atoms with Gasteiger partial charge in [-0.05, 0) is 81.3 Å². The summed E-state index contributed by atoms with van der Waals surface area (Å²) in [4.78, 5) is 29.5. The van der Waals surface area contributed by atoms with Gasteiger partial charge in [-0.1, -0.05) is 77.8 Å².